The van der Waals surface area contributed by atoms with Crippen molar-refractivity contribution >= 4 is 0 Å². The molecule has 1 heteroatoms. The van der Waals surface area contributed by atoms with Gasteiger partial charge < -0.3 is 5.11 Å². The molecule has 0 spiro atoms. The number of hydrogen-bond donors (Lipinski definition) is 1. The number of aliphatic hydroxyl groups excluding tert-OH is 1. The second kappa shape index (κ2) is 8.92. The van der Waals surface area contributed by atoms with E-state index in [4.69, 9.17) is 0 Å². The molecule has 1 unspecified atom stereocenters. The average Bonchev–Trinajstić information content (AvgIpc) is 3.07. The van der Waals surface area contributed by atoms with Gasteiger partial charge in [-0.05, 0) is 131 Å². The summed E-state index contributed by atoms with van der Waals surface area (Å²) in [6.07, 6.45) is 18.6. The molecule has 0 aromatic heterocycles. The predicted octanol–water partition coefficient (Wildman–Crippen LogP) is 8.17. The van der Waals surface area contributed by atoms with E-state index in [1.807, 2.05) is 0 Å². The summed E-state index contributed by atoms with van der Waals surface area (Å²) in [6, 6.07) is 0. The van der Waals surface area contributed by atoms with E-state index in [9.17, 15) is 5.11 Å². The van der Waals surface area contributed by atoms with E-state index in [-0.39, 0.29) is 0 Å². The SMILES string of the molecule is CC(C)=C(CCO)CC[C@@H](C)[C@H]1CC[C@H]2[C@@H]3CCC4CCCC[C@]4(C)[C@H]3CC[C@]12C. The molecule has 30 heavy (non-hydrogen) atoms. The van der Waals surface area contributed by atoms with Crippen LogP contribution in [-0.2, 0) is 0 Å². The van der Waals surface area contributed by atoms with Crippen LogP contribution in [0.3, 0.4) is 0 Å². The number of allylic oxidation sites excluding steroid dienone is 1. The summed E-state index contributed by atoms with van der Waals surface area (Å²) in [5.41, 5.74) is 4.22. The van der Waals surface area contributed by atoms with Gasteiger partial charge in [-0.3, -0.25) is 0 Å². The number of fused-ring (bicyclic) bond motifs is 5. The molecule has 0 aromatic rings. The van der Waals surface area contributed by atoms with E-state index in [1.54, 1.807) is 6.42 Å². The summed E-state index contributed by atoms with van der Waals surface area (Å²) in [7, 11) is 0. The third-order valence-electron chi connectivity index (χ3n) is 11.4. The van der Waals surface area contributed by atoms with Crippen LogP contribution in [0.25, 0.3) is 0 Å². The molecule has 172 valence electrons. The van der Waals surface area contributed by atoms with Gasteiger partial charge in [-0.15, -0.1) is 0 Å². The minimum absolute atomic E-state index is 0.306. The summed E-state index contributed by atoms with van der Waals surface area (Å²) in [4.78, 5) is 0. The molecule has 0 heterocycles. The Balaban J connectivity index is 1.45. The van der Waals surface area contributed by atoms with Crippen molar-refractivity contribution in [3.05, 3.63) is 11.1 Å². The third-order valence-corrected chi connectivity index (χ3v) is 11.4. The van der Waals surface area contributed by atoms with Crippen LogP contribution in [0, 0.1) is 46.3 Å². The Morgan fingerprint density at radius 3 is 2.37 bits per heavy atom. The fraction of sp³-hybridized carbons (Fsp3) is 0.931. The van der Waals surface area contributed by atoms with Crippen LogP contribution in [0.15, 0.2) is 11.1 Å². The minimum Gasteiger partial charge on any atom is -0.396 e. The van der Waals surface area contributed by atoms with Crippen LogP contribution in [-0.4, -0.2) is 11.7 Å². The van der Waals surface area contributed by atoms with Crippen molar-refractivity contribution < 1.29 is 5.11 Å². The molecule has 0 saturated heterocycles. The van der Waals surface area contributed by atoms with Crippen LogP contribution in [0.5, 0.6) is 0 Å². The quantitative estimate of drug-likeness (QED) is 0.434. The minimum atomic E-state index is 0.306. The lowest BCUT2D eigenvalue weighted by Crippen LogP contribution is -2.53. The highest BCUT2D eigenvalue weighted by Crippen LogP contribution is 2.68. The maximum Gasteiger partial charge on any atom is 0.0468 e. The first-order valence-corrected chi connectivity index (χ1v) is 13.6. The van der Waals surface area contributed by atoms with Gasteiger partial charge in [-0.25, -0.2) is 0 Å². The lowest BCUT2D eigenvalue weighted by Gasteiger charge is -2.61. The first kappa shape index (κ1) is 22.9. The maximum atomic E-state index is 9.44. The van der Waals surface area contributed by atoms with Gasteiger partial charge in [0.2, 0.25) is 0 Å². The van der Waals surface area contributed by atoms with Crippen LogP contribution < -0.4 is 0 Å². The van der Waals surface area contributed by atoms with Gasteiger partial charge in [-0.2, -0.15) is 0 Å². The van der Waals surface area contributed by atoms with Crippen LogP contribution in [0.4, 0.5) is 0 Å². The molecule has 0 aromatic carbocycles. The van der Waals surface area contributed by atoms with E-state index >= 15 is 0 Å². The molecule has 4 aliphatic carbocycles. The average molecular weight is 415 g/mol. The van der Waals surface area contributed by atoms with Crippen molar-refractivity contribution in [2.45, 2.75) is 118 Å². The van der Waals surface area contributed by atoms with E-state index in [0.717, 1.165) is 41.9 Å². The highest BCUT2D eigenvalue weighted by molar-refractivity contribution is 5.12. The van der Waals surface area contributed by atoms with Crippen LogP contribution in [0.2, 0.25) is 0 Å². The largest absolute Gasteiger partial charge is 0.396 e. The second-order valence-corrected chi connectivity index (χ2v) is 12.7. The molecule has 0 amide bonds. The highest BCUT2D eigenvalue weighted by Gasteiger charge is 2.60. The van der Waals surface area contributed by atoms with Gasteiger partial charge in [-0.1, -0.05) is 44.8 Å². The molecular formula is C29H50O. The smallest absolute Gasteiger partial charge is 0.0468 e. The monoisotopic (exact) mass is 414 g/mol. The molecule has 1 nitrogen and oxygen atoms in total. The topological polar surface area (TPSA) is 20.2 Å². The Morgan fingerprint density at radius 1 is 0.867 bits per heavy atom. The van der Waals surface area contributed by atoms with Gasteiger partial charge >= 0.3 is 0 Å². The molecule has 0 radical (unpaired) electrons. The highest BCUT2D eigenvalue weighted by atomic mass is 16.2. The van der Waals surface area contributed by atoms with Crippen molar-refractivity contribution in [3.63, 3.8) is 0 Å². The summed E-state index contributed by atoms with van der Waals surface area (Å²) in [5.74, 6) is 5.86. The molecule has 1 N–H and O–H groups in total. The maximum absolute atomic E-state index is 9.44. The van der Waals surface area contributed by atoms with Crippen molar-refractivity contribution in [2.24, 2.45) is 46.3 Å². The van der Waals surface area contributed by atoms with Crippen LogP contribution >= 0.6 is 0 Å². The van der Waals surface area contributed by atoms with Crippen LogP contribution in [0.1, 0.15) is 118 Å². The number of aliphatic hydroxyl groups is 1. The first-order chi connectivity index (χ1) is 14.3. The van der Waals surface area contributed by atoms with E-state index in [1.165, 1.54) is 81.8 Å². The zero-order valence-electron chi connectivity index (χ0n) is 20.8. The van der Waals surface area contributed by atoms with Crippen molar-refractivity contribution in [3.8, 4) is 0 Å². The lowest BCUT2D eigenvalue weighted by molar-refractivity contribution is -0.114. The van der Waals surface area contributed by atoms with Crippen molar-refractivity contribution in [2.75, 3.05) is 6.61 Å². The van der Waals surface area contributed by atoms with E-state index in [2.05, 4.69) is 34.6 Å². The van der Waals surface area contributed by atoms with Gasteiger partial charge in [0.05, 0.1) is 0 Å². The molecule has 8 atom stereocenters. The van der Waals surface area contributed by atoms with Gasteiger partial charge in [0.1, 0.15) is 0 Å². The predicted molar refractivity (Wildman–Crippen MR) is 128 cm³/mol. The molecule has 4 saturated carbocycles. The summed E-state index contributed by atoms with van der Waals surface area (Å²) in [5, 5.41) is 9.44. The Kier molecular flexibility index (Phi) is 6.80. The van der Waals surface area contributed by atoms with Crippen molar-refractivity contribution in [1.29, 1.82) is 0 Å². The van der Waals surface area contributed by atoms with E-state index in [0.29, 0.717) is 17.4 Å². The Hall–Kier alpha value is -0.300. The van der Waals surface area contributed by atoms with E-state index < -0.39 is 0 Å². The molecule has 4 rings (SSSR count). The molecule has 4 aliphatic rings. The number of hydrogen-bond acceptors (Lipinski definition) is 1. The summed E-state index contributed by atoms with van der Waals surface area (Å²) >= 11 is 0. The third kappa shape index (κ3) is 3.84. The molecular weight excluding hydrogens is 364 g/mol. The zero-order chi connectivity index (χ0) is 21.5. The normalized spacial score (nSPS) is 44.0. The second-order valence-electron chi connectivity index (χ2n) is 12.7. The zero-order valence-corrected chi connectivity index (χ0v) is 20.8. The molecule has 0 aliphatic heterocycles. The summed E-state index contributed by atoms with van der Waals surface area (Å²) < 4.78 is 0. The van der Waals surface area contributed by atoms with Crippen molar-refractivity contribution in [1.82, 2.24) is 0 Å². The molecule has 4 fully saturated rings. The standard InChI is InChI=1S/C29H50O/c1-20(2)22(16-19-30)10-9-21(3)25-13-14-26-24-12-11-23-8-6-7-17-28(23,4)27(24)15-18-29(25,26)5/h21,23-27,30H,6-19H2,1-5H3/t21-,23?,24+,25-,26+,27+,28+,29-/m1/s1. The number of rotatable bonds is 6. The Morgan fingerprint density at radius 2 is 1.63 bits per heavy atom. The van der Waals surface area contributed by atoms with Gasteiger partial charge in [0, 0.05) is 6.61 Å². The fourth-order valence-electron chi connectivity index (χ4n) is 9.63. The lowest BCUT2D eigenvalue weighted by atomic mass is 9.44. The van der Waals surface area contributed by atoms with Gasteiger partial charge in [0.15, 0.2) is 0 Å². The first-order valence-electron chi connectivity index (χ1n) is 13.6. The van der Waals surface area contributed by atoms with Gasteiger partial charge in [0.25, 0.3) is 0 Å². The Labute approximate surface area is 187 Å². The fourth-order valence-corrected chi connectivity index (χ4v) is 9.63. The summed E-state index contributed by atoms with van der Waals surface area (Å²) in [6.45, 7) is 12.8. The Bertz CT molecular complexity index is 630. The molecule has 0 bridgehead atoms.